The Kier molecular flexibility index (Phi) is 11.3. The summed E-state index contributed by atoms with van der Waals surface area (Å²) in [6.45, 7) is 8.11. The SMILES string of the molecule is COc1ccc(CN(C(=S)C[C@H]2CCc3sc(NC(=O)C4CC4)c(C(=O)NCC4CC4)c3C2)C2CCN(C(=O)OC(C)(C)C)CC2)c(OC)c1. The zero-order chi connectivity index (χ0) is 35.6. The molecule has 3 fully saturated rings. The lowest BCUT2D eigenvalue weighted by Crippen LogP contribution is -2.49. The van der Waals surface area contributed by atoms with Crippen LogP contribution in [0.3, 0.4) is 0 Å². The number of likely N-dealkylation sites (tertiary alicyclic amines) is 1. The number of thiocarbonyl (C=S) groups is 1. The van der Waals surface area contributed by atoms with E-state index in [1.807, 2.05) is 39.0 Å². The Morgan fingerprint density at radius 1 is 1.00 bits per heavy atom. The van der Waals surface area contributed by atoms with Gasteiger partial charge in [-0.25, -0.2) is 4.79 Å². The summed E-state index contributed by atoms with van der Waals surface area (Å²) in [7, 11) is 3.31. The van der Waals surface area contributed by atoms with Crippen LogP contribution >= 0.6 is 23.6 Å². The molecule has 0 radical (unpaired) electrons. The molecule has 272 valence electrons. The Labute approximate surface area is 305 Å². The first-order chi connectivity index (χ1) is 23.9. The van der Waals surface area contributed by atoms with Crippen LogP contribution in [0.25, 0.3) is 0 Å². The van der Waals surface area contributed by atoms with Crippen molar-refractivity contribution in [2.75, 3.05) is 39.2 Å². The van der Waals surface area contributed by atoms with Crippen molar-refractivity contribution in [3.8, 4) is 11.5 Å². The van der Waals surface area contributed by atoms with Gasteiger partial charge < -0.3 is 34.6 Å². The van der Waals surface area contributed by atoms with Crippen LogP contribution in [0.4, 0.5) is 9.80 Å². The summed E-state index contributed by atoms with van der Waals surface area (Å²) in [5, 5.41) is 7.00. The van der Waals surface area contributed by atoms with Crippen LogP contribution < -0.4 is 20.1 Å². The molecule has 10 nitrogen and oxygen atoms in total. The largest absolute Gasteiger partial charge is 0.497 e. The second-order valence-corrected chi connectivity index (χ2v) is 16.9. The molecule has 1 aliphatic heterocycles. The van der Waals surface area contributed by atoms with Gasteiger partial charge >= 0.3 is 6.09 Å². The number of methoxy groups -OCH3 is 2. The molecule has 50 heavy (non-hydrogen) atoms. The van der Waals surface area contributed by atoms with Gasteiger partial charge in [-0.15, -0.1) is 11.3 Å². The van der Waals surface area contributed by atoms with Gasteiger partial charge in [0.2, 0.25) is 5.91 Å². The van der Waals surface area contributed by atoms with E-state index in [-0.39, 0.29) is 35.8 Å². The molecule has 3 aliphatic carbocycles. The van der Waals surface area contributed by atoms with Crippen molar-refractivity contribution in [2.45, 2.75) is 103 Å². The van der Waals surface area contributed by atoms with Crippen LogP contribution in [0.5, 0.6) is 11.5 Å². The molecule has 2 heterocycles. The Balaban J connectivity index is 1.19. The number of nitrogens with zero attached hydrogens (tertiary/aromatic N) is 2. The number of anilines is 1. The van der Waals surface area contributed by atoms with Gasteiger partial charge in [-0.3, -0.25) is 9.59 Å². The molecule has 0 spiro atoms. The monoisotopic (exact) mass is 724 g/mol. The third-order valence-corrected chi connectivity index (χ3v) is 11.8. The number of piperidine rings is 1. The lowest BCUT2D eigenvalue weighted by Gasteiger charge is -2.41. The van der Waals surface area contributed by atoms with E-state index >= 15 is 0 Å². The van der Waals surface area contributed by atoms with Gasteiger partial charge in [0.25, 0.3) is 5.91 Å². The number of carbonyl (C=O) groups excluding carboxylic acids is 3. The average Bonchev–Trinajstić information content (AvgIpc) is 4.02. The Morgan fingerprint density at radius 2 is 1.74 bits per heavy atom. The molecule has 12 heteroatoms. The van der Waals surface area contributed by atoms with E-state index in [0.29, 0.717) is 49.1 Å². The van der Waals surface area contributed by atoms with E-state index < -0.39 is 5.60 Å². The first-order valence-corrected chi connectivity index (χ1v) is 19.4. The van der Waals surface area contributed by atoms with Crippen LogP contribution in [-0.4, -0.2) is 78.2 Å². The molecule has 4 aliphatic rings. The van der Waals surface area contributed by atoms with Gasteiger partial charge in [-0.1, -0.05) is 12.2 Å². The first-order valence-electron chi connectivity index (χ1n) is 18.1. The van der Waals surface area contributed by atoms with E-state index in [4.69, 9.17) is 26.4 Å². The number of nitrogens with one attached hydrogen (secondary N) is 2. The van der Waals surface area contributed by atoms with Crippen molar-refractivity contribution in [3.63, 3.8) is 0 Å². The van der Waals surface area contributed by atoms with Crippen molar-refractivity contribution in [1.29, 1.82) is 0 Å². The highest BCUT2D eigenvalue weighted by molar-refractivity contribution is 7.80. The van der Waals surface area contributed by atoms with Crippen LogP contribution in [0.1, 0.15) is 98.5 Å². The number of amides is 3. The van der Waals surface area contributed by atoms with Crippen LogP contribution in [0, 0.1) is 17.8 Å². The minimum absolute atomic E-state index is 0.0277. The van der Waals surface area contributed by atoms with Crippen molar-refractivity contribution < 1.29 is 28.6 Å². The molecule has 1 atom stereocenters. The second kappa shape index (κ2) is 15.5. The fraction of sp³-hybridized carbons (Fsp3) is 0.632. The maximum Gasteiger partial charge on any atom is 0.410 e. The Hall–Kier alpha value is -3.38. The van der Waals surface area contributed by atoms with E-state index in [1.165, 1.54) is 4.88 Å². The molecule has 0 bridgehead atoms. The maximum absolute atomic E-state index is 13.7. The third-order valence-electron chi connectivity index (χ3n) is 10.2. The highest BCUT2D eigenvalue weighted by atomic mass is 32.1. The van der Waals surface area contributed by atoms with Gasteiger partial charge in [0.05, 0.1) is 24.8 Å². The van der Waals surface area contributed by atoms with E-state index in [0.717, 1.165) is 85.4 Å². The third kappa shape index (κ3) is 9.09. The summed E-state index contributed by atoms with van der Waals surface area (Å²) in [5.41, 5.74) is 2.20. The minimum atomic E-state index is -0.546. The van der Waals surface area contributed by atoms with Crippen molar-refractivity contribution in [2.24, 2.45) is 17.8 Å². The highest BCUT2D eigenvalue weighted by Crippen LogP contribution is 2.42. The maximum atomic E-state index is 13.7. The molecule has 2 saturated carbocycles. The summed E-state index contributed by atoms with van der Waals surface area (Å²) in [5.74, 6) is 2.31. The lowest BCUT2D eigenvalue weighted by molar-refractivity contribution is -0.117. The number of hydrogen-bond donors (Lipinski definition) is 2. The molecule has 1 aromatic heterocycles. The topological polar surface area (TPSA) is 109 Å². The first kappa shape index (κ1) is 36.4. The standard InChI is InChI=1S/C38H52N4O6S2/c1-38(2,3)48-37(45)41-16-14-27(15-17-41)42(22-26-11-12-28(46-4)20-30(26)47-5)32(49)19-24-8-13-31-29(18-24)33(35(44)39-21-23-6-7-23)36(50-31)40-34(43)25-9-10-25/h11-12,20,23-25,27H,6-10,13-19,21-22H2,1-5H3,(H,39,44)(H,40,43)/t24-/m0/s1. The zero-order valence-corrected chi connectivity index (χ0v) is 31.7. The van der Waals surface area contributed by atoms with Gasteiger partial charge in [0.15, 0.2) is 0 Å². The number of benzene rings is 1. The molecule has 0 unspecified atom stereocenters. The highest BCUT2D eigenvalue weighted by Gasteiger charge is 2.36. The van der Waals surface area contributed by atoms with Crippen molar-refractivity contribution >= 4 is 51.5 Å². The predicted octanol–water partition coefficient (Wildman–Crippen LogP) is 6.98. The number of thiophene rings is 1. The summed E-state index contributed by atoms with van der Waals surface area (Å²) in [6, 6.07) is 6.02. The number of carbonyl (C=O) groups is 3. The summed E-state index contributed by atoms with van der Waals surface area (Å²) >= 11 is 7.87. The van der Waals surface area contributed by atoms with Gasteiger partial charge in [-0.05, 0) is 108 Å². The Morgan fingerprint density at radius 3 is 2.38 bits per heavy atom. The van der Waals surface area contributed by atoms with Crippen molar-refractivity contribution in [3.05, 3.63) is 39.8 Å². The molecule has 1 saturated heterocycles. The van der Waals surface area contributed by atoms with Gasteiger partial charge in [0.1, 0.15) is 22.1 Å². The smallest absolute Gasteiger partial charge is 0.410 e. The zero-order valence-electron chi connectivity index (χ0n) is 30.1. The van der Waals surface area contributed by atoms with Gasteiger partial charge in [-0.2, -0.15) is 0 Å². The molecule has 2 aromatic rings. The molecular formula is C38H52N4O6S2. The molecular weight excluding hydrogens is 673 g/mol. The van der Waals surface area contributed by atoms with E-state index in [9.17, 15) is 14.4 Å². The van der Waals surface area contributed by atoms with E-state index in [2.05, 4.69) is 15.5 Å². The quantitative estimate of drug-likeness (QED) is 0.226. The summed E-state index contributed by atoms with van der Waals surface area (Å²) in [6.07, 6.45) is 8.68. The predicted molar refractivity (Wildman–Crippen MR) is 199 cm³/mol. The fourth-order valence-corrected chi connectivity index (χ4v) is 8.70. The number of ether oxygens (including phenoxy) is 3. The van der Waals surface area contributed by atoms with Crippen molar-refractivity contribution in [1.82, 2.24) is 15.1 Å². The molecule has 6 rings (SSSR count). The molecule has 3 amide bonds. The van der Waals surface area contributed by atoms with Crippen LogP contribution in [0.2, 0.25) is 0 Å². The number of rotatable bonds is 12. The van der Waals surface area contributed by atoms with Gasteiger partial charge in [0, 0.05) is 61.1 Å². The average molecular weight is 725 g/mol. The number of hydrogen-bond acceptors (Lipinski definition) is 8. The number of aryl methyl sites for hydroxylation is 1. The summed E-state index contributed by atoms with van der Waals surface area (Å²) < 4.78 is 16.9. The summed E-state index contributed by atoms with van der Waals surface area (Å²) in [4.78, 5) is 45.5. The second-order valence-electron chi connectivity index (χ2n) is 15.3. The minimum Gasteiger partial charge on any atom is -0.497 e. The Bertz CT molecular complexity index is 1590. The number of fused-ring (bicyclic) bond motifs is 1. The van der Waals surface area contributed by atoms with Crippen LogP contribution in [-0.2, 0) is 28.9 Å². The molecule has 2 N–H and O–H groups in total. The lowest BCUT2D eigenvalue weighted by atomic mass is 9.84. The molecule has 1 aromatic carbocycles. The van der Waals surface area contributed by atoms with Crippen LogP contribution in [0.15, 0.2) is 18.2 Å². The fourth-order valence-electron chi connectivity index (χ4n) is 7.00. The van der Waals surface area contributed by atoms with E-state index in [1.54, 1.807) is 30.5 Å². The normalized spacial score (nSPS) is 19.3.